The standard InChI is InChI=1S/C26H27N3O4S2/c1-4-33-13-7-12-28-25(32)23(35-26(28)34)22-18-8-5-6-9-20(18)29(24(22)31)15-21(30)27-19-14-16(2)10-11-17(19)3/h5-6,8-11,14H,4,7,12-13,15H2,1-3H3,(H,27,30). The number of thiocarbonyl (C=S) groups is 1. The van der Waals surface area contributed by atoms with Crippen LogP contribution in [0.4, 0.5) is 11.4 Å². The molecule has 0 aromatic heterocycles. The number of nitrogens with zero attached hydrogens (tertiary/aromatic N) is 2. The van der Waals surface area contributed by atoms with Crippen LogP contribution in [-0.4, -0.2) is 53.2 Å². The van der Waals surface area contributed by atoms with E-state index in [1.807, 2.05) is 51.1 Å². The number of carbonyl (C=O) groups is 3. The predicted octanol–water partition coefficient (Wildman–Crippen LogP) is 4.29. The first kappa shape index (κ1) is 25.1. The van der Waals surface area contributed by atoms with Gasteiger partial charge in [-0.3, -0.25) is 24.2 Å². The van der Waals surface area contributed by atoms with E-state index in [9.17, 15) is 14.4 Å². The Morgan fingerprint density at radius 3 is 2.63 bits per heavy atom. The molecule has 0 bridgehead atoms. The smallest absolute Gasteiger partial charge is 0.267 e. The van der Waals surface area contributed by atoms with Crippen molar-refractivity contribution < 1.29 is 19.1 Å². The average Bonchev–Trinajstić information content (AvgIpc) is 3.26. The van der Waals surface area contributed by atoms with Crippen molar-refractivity contribution in [3.05, 3.63) is 64.1 Å². The number of anilines is 2. The fourth-order valence-electron chi connectivity index (χ4n) is 4.07. The van der Waals surface area contributed by atoms with Gasteiger partial charge in [0.1, 0.15) is 10.9 Å². The van der Waals surface area contributed by atoms with Crippen molar-refractivity contribution in [1.29, 1.82) is 0 Å². The second kappa shape index (κ2) is 10.7. The molecule has 0 atom stereocenters. The molecule has 7 nitrogen and oxygen atoms in total. The molecule has 4 rings (SSSR count). The molecule has 2 aliphatic rings. The summed E-state index contributed by atoms with van der Waals surface area (Å²) in [6, 6.07) is 13.0. The predicted molar refractivity (Wildman–Crippen MR) is 143 cm³/mol. The maximum absolute atomic E-state index is 13.6. The molecule has 2 aromatic carbocycles. The lowest BCUT2D eigenvalue weighted by atomic mass is 10.1. The number of rotatable bonds is 8. The Hall–Kier alpha value is -3.01. The van der Waals surface area contributed by atoms with E-state index in [1.54, 1.807) is 12.1 Å². The summed E-state index contributed by atoms with van der Waals surface area (Å²) >= 11 is 6.58. The number of hydrogen-bond donors (Lipinski definition) is 1. The summed E-state index contributed by atoms with van der Waals surface area (Å²) in [5.41, 5.74) is 4.20. The number of amides is 3. The van der Waals surface area contributed by atoms with Crippen LogP contribution in [0.1, 0.15) is 30.0 Å². The van der Waals surface area contributed by atoms with Crippen molar-refractivity contribution in [2.24, 2.45) is 0 Å². The summed E-state index contributed by atoms with van der Waals surface area (Å²) in [5.74, 6) is -0.972. The van der Waals surface area contributed by atoms with E-state index >= 15 is 0 Å². The van der Waals surface area contributed by atoms with Gasteiger partial charge in [0.25, 0.3) is 11.8 Å². The lowest BCUT2D eigenvalue weighted by molar-refractivity contribution is -0.122. The zero-order valence-electron chi connectivity index (χ0n) is 19.9. The molecule has 0 unspecified atom stereocenters. The second-order valence-corrected chi connectivity index (χ2v) is 10.00. The molecular weight excluding hydrogens is 482 g/mol. The van der Waals surface area contributed by atoms with Crippen molar-refractivity contribution in [1.82, 2.24) is 4.90 Å². The van der Waals surface area contributed by atoms with Gasteiger partial charge in [-0.2, -0.15) is 0 Å². The molecule has 2 aromatic rings. The lowest BCUT2D eigenvalue weighted by Crippen LogP contribution is -2.36. The molecule has 3 amide bonds. The quantitative estimate of drug-likeness (QED) is 0.325. The first-order chi connectivity index (χ1) is 16.8. The van der Waals surface area contributed by atoms with Crippen LogP contribution >= 0.6 is 24.0 Å². The van der Waals surface area contributed by atoms with Crippen LogP contribution < -0.4 is 10.2 Å². The number of para-hydroxylation sites is 1. The fourth-order valence-corrected chi connectivity index (χ4v) is 5.45. The van der Waals surface area contributed by atoms with Gasteiger partial charge in [-0.25, -0.2) is 0 Å². The zero-order valence-corrected chi connectivity index (χ0v) is 21.6. The molecule has 0 radical (unpaired) electrons. The van der Waals surface area contributed by atoms with Crippen molar-refractivity contribution in [3.63, 3.8) is 0 Å². The molecule has 2 heterocycles. The third kappa shape index (κ3) is 5.17. The molecule has 1 N–H and O–H groups in total. The van der Waals surface area contributed by atoms with Gasteiger partial charge in [0.2, 0.25) is 5.91 Å². The Balaban J connectivity index is 1.58. The largest absolute Gasteiger partial charge is 0.382 e. The number of thioether (sulfide) groups is 1. The molecule has 1 saturated heterocycles. The number of aryl methyl sites for hydroxylation is 2. The van der Waals surface area contributed by atoms with Crippen molar-refractivity contribution in [3.8, 4) is 0 Å². The summed E-state index contributed by atoms with van der Waals surface area (Å²) < 4.78 is 5.78. The summed E-state index contributed by atoms with van der Waals surface area (Å²) in [5, 5.41) is 2.91. The molecule has 0 aliphatic carbocycles. The van der Waals surface area contributed by atoms with E-state index in [2.05, 4.69) is 5.32 Å². The zero-order chi connectivity index (χ0) is 25.1. The van der Waals surface area contributed by atoms with Gasteiger partial charge in [-0.15, -0.1) is 0 Å². The van der Waals surface area contributed by atoms with Crippen LogP contribution in [0, 0.1) is 13.8 Å². The Bertz CT molecular complexity index is 1240. The Labute approximate surface area is 214 Å². The first-order valence-corrected chi connectivity index (χ1v) is 12.7. The van der Waals surface area contributed by atoms with E-state index < -0.39 is 0 Å². The third-order valence-corrected chi connectivity index (χ3v) is 7.29. The van der Waals surface area contributed by atoms with Gasteiger partial charge in [0, 0.05) is 31.0 Å². The van der Waals surface area contributed by atoms with Crippen molar-refractivity contribution in [2.75, 3.05) is 36.5 Å². The second-order valence-electron chi connectivity index (χ2n) is 8.35. The van der Waals surface area contributed by atoms with E-state index in [-0.39, 0.29) is 24.3 Å². The highest BCUT2D eigenvalue weighted by Crippen LogP contribution is 2.44. The maximum atomic E-state index is 13.6. The molecular formula is C26H27N3O4S2. The minimum atomic E-state index is -0.378. The van der Waals surface area contributed by atoms with E-state index in [1.165, 1.54) is 9.80 Å². The molecule has 2 aliphatic heterocycles. The number of nitrogens with one attached hydrogen (secondary N) is 1. The molecule has 0 saturated carbocycles. The van der Waals surface area contributed by atoms with E-state index in [0.717, 1.165) is 22.9 Å². The third-order valence-electron chi connectivity index (χ3n) is 5.84. The van der Waals surface area contributed by atoms with Gasteiger partial charge in [-0.05, 0) is 50.5 Å². The molecule has 1 fully saturated rings. The SMILES string of the molecule is CCOCCCN1C(=O)C(=C2C(=O)N(CC(=O)Nc3cc(C)ccc3C)c3ccccc32)SC1=S. The summed E-state index contributed by atoms with van der Waals surface area (Å²) in [7, 11) is 0. The number of hydrogen-bond acceptors (Lipinski definition) is 6. The Morgan fingerprint density at radius 2 is 1.86 bits per heavy atom. The Morgan fingerprint density at radius 1 is 1.09 bits per heavy atom. The molecule has 9 heteroatoms. The fraction of sp³-hybridized carbons (Fsp3) is 0.308. The molecule has 35 heavy (non-hydrogen) atoms. The lowest BCUT2D eigenvalue weighted by Gasteiger charge is -2.17. The molecule has 0 spiro atoms. The first-order valence-electron chi connectivity index (χ1n) is 11.5. The number of fused-ring (bicyclic) bond motifs is 1. The topological polar surface area (TPSA) is 79.0 Å². The van der Waals surface area contributed by atoms with Crippen molar-refractivity contribution in [2.45, 2.75) is 27.2 Å². The van der Waals surface area contributed by atoms with Crippen LogP contribution in [0.25, 0.3) is 5.57 Å². The Kier molecular flexibility index (Phi) is 7.69. The summed E-state index contributed by atoms with van der Waals surface area (Å²) in [6.07, 6.45) is 0.651. The molecule has 182 valence electrons. The van der Waals surface area contributed by atoms with Crippen LogP contribution in [-0.2, 0) is 19.1 Å². The maximum Gasteiger partial charge on any atom is 0.267 e. The van der Waals surface area contributed by atoms with Gasteiger partial charge in [0.15, 0.2) is 0 Å². The highest BCUT2D eigenvalue weighted by Gasteiger charge is 2.42. The highest BCUT2D eigenvalue weighted by molar-refractivity contribution is 8.26. The van der Waals surface area contributed by atoms with Crippen molar-refractivity contribution >= 4 is 63.0 Å². The van der Waals surface area contributed by atoms with Crippen LogP contribution in [0.2, 0.25) is 0 Å². The minimum Gasteiger partial charge on any atom is -0.382 e. The summed E-state index contributed by atoms with van der Waals surface area (Å²) in [6.45, 7) is 7.20. The van der Waals surface area contributed by atoms with E-state index in [0.29, 0.717) is 57.9 Å². The van der Waals surface area contributed by atoms with Crippen LogP contribution in [0.3, 0.4) is 0 Å². The van der Waals surface area contributed by atoms with Crippen LogP contribution in [0.5, 0.6) is 0 Å². The monoisotopic (exact) mass is 509 g/mol. The van der Waals surface area contributed by atoms with Gasteiger partial charge in [0.05, 0.1) is 16.2 Å². The van der Waals surface area contributed by atoms with Gasteiger partial charge >= 0.3 is 0 Å². The normalized spacial score (nSPS) is 17.4. The average molecular weight is 510 g/mol. The number of benzene rings is 2. The summed E-state index contributed by atoms with van der Waals surface area (Å²) in [4.78, 5) is 43.0. The highest BCUT2D eigenvalue weighted by atomic mass is 32.2. The number of carbonyl (C=O) groups excluding carboxylic acids is 3. The van der Waals surface area contributed by atoms with Crippen LogP contribution in [0.15, 0.2) is 47.4 Å². The van der Waals surface area contributed by atoms with Gasteiger partial charge in [-0.1, -0.05) is 54.3 Å². The minimum absolute atomic E-state index is 0.165. The van der Waals surface area contributed by atoms with Gasteiger partial charge < -0.3 is 10.1 Å². The number of ether oxygens (including phenoxy) is 1. The van der Waals surface area contributed by atoms with E-state index in [4.69, 9.17) is 17.0 Å².